The van der Waals surface area contributed by atoms with E-state index in [4.69, 9.17) is 0 Å². The van der Waals surface area contributed by atoms with Gasteiger partial charge in [-0.1, -0.05) is 6.07 Å². The fourth-order valence-corrected chi connectivity index (χ4v) is 2.76. The second-order valence-corrected chi connectivity index (χ2v) is 4.86. The molecule has 0 unspecified atom stereocenters. The summed E-state index contributed by atoms with van der Waals surface area (Å²) in [6.07, 6.45) is 5.70. The molecule has 88 valence electrons. The van der Waals surface area contributed by atoms with Gasteiger partial charge in [0.1, 0.15) is 0 Å². The van der Waals surface area contributed by atoms with Crippen LogP contribution in [-0.2, 0) is 24.1 Å². The molecule has 0 bridgehead atoms. The van der Waals surface area contributed by atoms with Crippen molar-refractivity contribution in [1.29, 1.82) is 0 Å². The first-order valence-corrected chi connectivity index (χ1v) is 6.23. The van der Waals surface area contributed by atoms with Crippen molar-refractivity contribution in [3.8, 4) is 0 Å². The van der Waals surface area contributed by atoms with E-state index in [0.717, 1.165) is 18.4 Å². The summed E-state index contributed by atoms with van der Waals surface area (Å²) in [7, 11) is 0. The van der Waals surface area contributed by atoms with Crippen molar-refractivity contribution in [3.63, 3.8) is 0 Å². The molecule has 0 fully saturated rings. The SMILES string of the molecule is O=C1CCc2cc3c(cc2C(=O)N1)CCCC3. The van der Waals surface area contributed by atoms with Crippen molar-refractivity contribution in [2.24, 2.45) is 0 Å². The van der Waals surface area contributed by atoms with Crippen LogP contribution in [0.15, 0.2) is 12.1 Å². The van der Waals surface area contributed by atoms with E-state index in [1.807, 2.05) is 6.07 Å². The Morgan fingerprint density at radius 1 is 0.824 bits per heavy atom. The number of hydrogen-bond acceptors (Lipinski definition) is 2. The van der Waals surface area contributed by atoms with Crippen LogP contribution < -0.4 is 5.32 Å². The summed E-state index contributed by atoms with van der Waals surface area (Å²) in [5.74, 6) is -0.389. The van der Waals surface area contributed by atoms with Crippen LogP contribution in [0.3, 0.4) is 0 Å². The number of hydrogen-bond donors (Lipinski definition) is 1. The van der Waals surface area contributed by atoms with Gasteiger partial charge in [-0.15, -0.1) is 0 Å². The average molecular weight is 229 g/mol. The highest BCUT2D eigenvalue weighted by Crippen LogP contribution is 2.26. The van der Waals surface area contributed by atoms with Crippen molar-refractivity contribution in [1.82, 2.24) is 5.32 Å². The summed E-state index contributed by atoms with van der Waals surface area (Å²) in [6, 6.07) is 4.14. The molecule has 0 atom stereocenters. The highest BCUT2D eigenvalue weighted by Gasteiger charge is 2.22. The molecule has 3 nitrogen and oxygen atoms in total. The number of carbonyl (C=O) groups excluding carboxylic acids is 2. The van der Waals surface area contributed by atoms with Crippen molar-refractivity contribution < 1.29 is 9.59 Å². The maximum Gasteiger partial charge on any atom is 0.258 e. The minimum Gasteiger partial charge on any atom is -0.292 e. The molecule has 0 saturated heterocycles. The molecule has 0 spiro atoms. The van der Waals surface area contributed by atoms with Gasteiger partial charge in [-0.2, -0.15) is 0 Å². The molecule has 3 rings (SSSR count). The van der Waals surface area contributed by atoms with Gasteiger partial charge in [0.25, 0.3) is 5.91 Å². The summed E-state index contributed by atoms with van der Waals surface area (Å²) in [4.78, 5) is 23.2. The molecule has 3 heteroatoms. The first kappa shape index (κ1) is 10.5. The van der Waals surface area contributed by atoms with Gasteiger partial charge in [0, 0.05) is 12.0 Å². The molecule has 2 aliphatic rings. The molecule has 2 amide bonds. The molecule has 1 aromatic carbocycles. The third-order valence-electron chi connectivity index (χ3n) is 3.69. The fraction of sp³-hybridized carbons (Fsp3) is 0.429. The van der Waals surface area contributed by atoms with Gasteiger partial charge < -0.3 is 0 Å². The molecule has 1 heterocycles. The van der Waals surface area contributed by atoms with Crippen LogP contribution in [0.2, 0.25) is 0 Å². The highest BCUT2D eigenvalue weighted by atomic mass is 16.2. The van der Waals surface area contributed by atoms with Crippen LogP contribution in [0.25, 0.3) is 0 Å². The topological polar surface area (TPSA) is 46.2 Å². The average Bonchev–Trinajstić information content (AvgIpc) is 2.47. The van der Waals surface area contributed by atoms with Gasteiger partial charge in [0.15, 0.2) is 0 Å². The second kappa shape index (κ2) is 3.99. The smallest absolute Gasteiger partial charge is 0.258 e. The zero-order chi connectivity index (χ0) is 11.8. The highest BCUT2D eigenvalue weighted by molar-refractivity contribution is 6.06. The van der Waals surface area contributed by atoms with Crippen LogP contribution in [0.4, 0.5) is 0 Å². The molecule has 1 aromatic rings. The fourth-order valence-electron chi connectivity index (χ4n) is 2.76. The number of imide groups is 1. The molecular formula is C14H15NO2. The summed E-state index contributed by atoms with van der Waals surface area (Å²) >= 11 is 0. The van der Waals surface area contributed by atoms with Gasteiger partial charge in [-0.05, 0) is 54.9 Å². The number of aryl methyl sites for hydroxylation is 3. The molecular weight excluding hydrogens is 214 g/mol. The second-order valence-electron chi connectivity index (χ2n) is 4.86. The normalized spacial score (nSPS) is 19.1. The standard InChI is InChI=1S/C14H15NO2/c16-13-6-5-11-7-9-3-1-2-4-10(9)8-12(11)14(17)15-13/h7-8H,1-6H2,(H,15,16,17). The number of rotatable bonds is 0. The Kier molecular flexibility index (Phi) is 2.46. The van der Waals surface area contributed by atoms with Crippen LogP contribution in [-0.4, -0.2) is 11.8 Å². The van der Waals surface area contributed by atoms with Gasteiger partial charge in [0.05, 0.1) is 0 Å². The number of benzene rings is 1. The lowest BCUT2D eigenvalue weighted by atomic mass is 9.87. The maximum atomic E-state index is 11.9. The van der Waals surface area contributed by atoms with E-state index in [9.17, 15) is 9.59 Å². The van der Waals surface area contributed by atoms with Crippen molar-refractivity contribution in [2.45, 2.75) is 38.5 Å². The molecule has 0 radical (unpaired) electrons. The third-order valence-corrected chi connectivity index (χ3v) is 3.69. The predicted molar refractivity (Wildman–Crippen MR) is 63.9 cm³/mol. The minimum atomic E-state index is -0.226. The van der Waals surface area contributed by atoms with E-state index < -0.39 is 0 Å². The summed E-state index contributed by atoms with van der Waals surface area (Å²) < 4.78 is 0. The van der Waals surface area contributed by atoms with E-state index in [-0.39, 0.29) is 11.8 Å². The number of fused-ring (bicyclic) bond motifs is 2. The van der Waals surface area contributed by atoms with E-state index >= 15 is 0 Å². The number of carbonyl (C=O) groups is 2. The zero-order valence-corrected chi connectivity index (χ0v) is 9.71. The molecule has 1 N–H and O–H groups in total. The van der Waals surface area contributed by atoms with E-state index in [1.165, 1.54) is 24.0 Å². The van der Waals surface area contributed by atoms with Crippen molar-refractivity contribution in [3.05, 3.63) is 34.4 Å². The van der Waals surface area contributed by atoms with Gasteiger partial charge >= 0.3 is 0 Å². The quantitative estimate of drug-likeness (QED) is 0.689. The zero-order valence-electron chi connectivity index (χ0n) is 9.71. The van der Waals surface area contributed by atoms with E-state index in [0.29, 0.717) is 18.4 Å². The Balaban J connectivity index is 2.09. The maximum absolute atomic E-state index is 11.9. The van der Waals surface area contributed by atoms with Gasteiger partial charge in [-0.25, -0.2) is 0 Å². The first-order chi connectivity index (χ1) is 8.24. The van der Waals surface area contributed by atoms with Crippen molar-refractivity contribution in [2.75, 3.05) is 0 Å². The molecule has 0 aromatic heterocycles. The van der Waals surface area contributed by atoms with Crippen LogP contribution >= 0.6 is 0 Å². The predicted octanol–water partition coefficient (Wildman–Crippen LogP) is 1.77. The lowest BCUT2D eigenvalue weighted by Gasteiger charge is -2.18. The first-order valence-electron chi connectivity index (χ1n) is 6.23. The largest absolute Gasteiger partial charge is 0.292 e. The van der Waals surface area contributed by atoms with Crippen LogP contribution in [0, 0.1) is 0 Å². The Morgan fingerprint density at radius 2 is 1.53 bits per heavy atom. The number of nitrogens with one attached hydrogen (secondary N) is 1. The van der Waals surface area contributed by atoms with Gasteiger partial charge in [-0.3, -0.25) is 14.9 Å². The lowest BCUT2D eigenvalue weighted by molar-refractivity contribution is -0.119. The summed E-state index contributed by atoms with van der Waals surface area (Å²) in [5, 5.41) is 2.43. The Hall–Kier alpha value is -1.64. The van der Waals surface area contributed by atoms with E-state index in [2.05, 4.69) is 11.4 Å². The Morgan fingerprint density at radius 3 is 2.29 bits per heavy atom. The Bertz CT molecular complexity index is 505. The Labute approximate surface area is 100 Å². The minimum absolute atomic E-state index is 0.163. The number of amides is 2. The molecule has 1 aliphatic carbocycles. The van der Waals surface area contributed by atoms with Crippen molar-refractivity contribution >= 4 is 11.8 Å². The molecule has 17 heavy (non-hydrogen) atoms. The summed E-state index contributed by atoms with van der Waals surface area (Å²) in [5.41, 5.74) is 4.40. The third kappa shape index (κ3) is 1.86. The monoisotopic (exact) mass is 229 g/mol. The lowest BCUT2D eigenvalue weighted by Crippen LogP contribution is -2.28. The summed E-state index contributed by atoms with van der Waals surface area (Å²) in [6.45, 7) is 0. The molecule has 1 aliphatic heterocycles. The van der Waals surface area contributed by atoms with E-state index in [1.54, 1.807) is 0 Å². The van der Waals surface area contributed by atoms with Crippen LogP contribution in [0.5, 0.6) is 0 Å². The van der Waals surface area contributed by atoms with Crippen LogP contribution in [0.1, 0.15) is 46.3 Å². The van der Waals surface area contributed by atoms with Gasteiger partial charge in [0.2, 0.25) is 5.91 Å². The molecule has 0 saturated carbocycles.